The molecule has 3 nitrogen and oxygen atoms in total. The Bertz CT molecular complexity index is 355. The second kappa shape index (κ2) is 4.73. The van der Waals surface area contributed by atoms with Crippen molar-refractivity contribution in [1.82, 2.24) is 5.32 Å². The van der Waals surface area contributed by atoms with Gasteiger partial charge in [-0.05, 0) is 43.6 Å². The molecule has 0 saturated carbocycles. The summed E-state index contributed by atoms with van der Waals surface area (Å²) in [6.45, 7) is 2.30. The molecule has 1 atom stereocenters. The van der Waals surface area contributed by atoms with Crippen LogP contribution >= 0.6 is 0 Å². The number of carbonyl (C=O) groups is 1. The van der Waals surface area contributed by atoms with Gasteiger partial charge in [-0.3, -0.25) is 0 Å². The van der Waals surface area contributed by atoms with E-state index in [0.717, 1.165) is 25.0 Å². The molecule has 0 aromatic heterocycles. The molecular weight excluding hydrogens is 202 g/mol. The van der Waals surface area contributed by atoms with Crippen LogP contribution in [0, 0.1) is 5.92 Å². The molecular formula is C13H19NO2. The van der Waals surface area contributed by atoms with E-state index in [1.54, 1.807) is 11.6 Å². The van der Waals surface area contributed by atoms with E-state index in [2.05, 4.69) is 17.0 Å². The molecule has 1 aliphatic carbocycles. The third-order valence-electron chi connectivity index (χ3n) is 3.51. The fourth-order valence-corrected chi connectivity index (χ4v) is 2.59. The maximum absolute atomic E-state index is 11.1. The SMILES string of the molecule is COC(=O)/C=C1\CCC2=C(CCCC2C)N1. The molecule has 0 radical (unpaired) electrons. The molecule has 1 N–H and O–H groups in total. The van der Waals surface area contributed by atoms with Crippen LogP contribution in [0.3, 0.4) is 0 Å². The Hall–Kier alpha value is -1.25. The molecule has 1 unspecified atom stereocenters. The summed E-state index contributed by atoms with van der Waals surface area (Å²) in [7, 11) is 1.41. The fraction of sp³-hybridized carbons (Fsp3) is 0.615. The van der Waals surface area contributed by atoms with E-state index < -0.39 is 0 Å². The summed E-state index contributed by atoms with van der Waals surface area (Å²) in [4.78, 5) is 11.1. The van der Waals surface area contributed by atoms with E-state index in [0.29, 0.717) is 5.92 Å². The summed E-state index contributed by atoms with van der Waals surface area (Å²) in [6.07, 6.45) is 7.26. The van der Waals surface area contributed by atoms with Crippen molar-refractivity contribution in [2.75, 3.05) is 7.11 Å². The van der Waals surface area contributed by atoms with Gasteiger partial charge in [0.2, 0.25) is 0 Å². The lowest BCUT2D eigenvalue weighted by atomic mass is 9.82. The zero-order valence-electron chi connectivity index (χ0n) is 10.0. The van der Waals surface area contributed by atoms with Crippen molar-refractivity contribution in [3.8, 4) is 0 Å². The number of methoxy groups -OCH3 is 1. The van der Waals surface area contributed by atoms with Gasteiger partial charge in [-0.25, -0.2) is 4.79 Å². The molecule has 0 bridgehead atoms. The normalized spacial score (nSPS) is 27.4. The van der Waals surface area contributed by atoms with Crippen LogP contribution in [0.25, 0.3) is 0 Å². The van der Waals surface area contributed by atoms with Crippen molar-refractivity contribution in [3.63, 3.8) is 0 Å². The van der Waals surface area contributed by atoms with Gasteiger partial charge in [0, 0.05) is 17.5 Å². The molecule has 0 aromatic carbocycles. The Kier molecular flexibility index (Phi) is 3.32. The molecule has 16 heavy (non-hydrogen) atoms. The van der Waals surface area contributed by atoms with E-state index in [-0.39, 0.29) is 5.97 Å². The van der Waals surface area contributed by atoms with Gasteiger partial charge in [0.05, 0.1) is 7.11 Å². The summed E-state index contributed by atoms with van der Waals surface area (Å²) in [5.74, 6) is 0.436. The number of hydrogen-bond acceptors (Lipinski definition) is 3. The third-order valence-corrected chi connectivity index (χ3v) is 3.51. The molecule has 0 spiro atoms. The smallest absolute Gasteiger partial charge is 0.332 e. The second-order valence-electron chi connectivity index (χ2n) is 4.61. The van der Waals surface area contributed by atoms with Crippen LogP contribution in [0.2, 0.25) is 0 Å². The minimum atomic E-state index is -0.268. The summed E-state index contributed by atoms with van der Waals surface area (Å²) < 4.78 is 4.64. The lowest BCUT2D eigenvalue weighted by Gasteiger charge is -2.32. The first-order chi connectivity index (χ1) is 7.70. The van der Waals surface area contributed by atoms with Crippen molar-refractivity contribution in [2.45, 2.75) is 39.0 Å². The average molecular weight is 221 g/mol. The lowest BCUT2D eigenvalue weighted by molar-refractivity contribution is -0.134. The van der Waals surface area contributed by atoms with Crippen molar-refractivity contribution >= 4 is 5.97 Å². The quantitative estimate of drug-likeness (QED) is 0.546. The highest BCUT2D eigenvalue weighted by Crippen LogP contribution is 2.35. The molecule has 2 rings (SSSR count). The topological polar surface area (TPSA) is 38.3 Å². The van der Waals surface area contributed by atoms with Crippen molar-refractivity contribution in [1.29, 1.82) is 0 Å². The van der Waals surface area contributed by atoms with Crippen molar-refractivity contribution < 1.29 is 9.53 Å². The second-order valence-corrected chi connectivity index (χ2v) is 4.61. The highest BCUT2D eigenvalue weighted by molar-refractivity contribution is 5.82. The number of ether oxygens (including phenoxy) is 1. The number of esters is 1. The van der Waals surface area contributed by atoms with Gasteiger partial charge in [0.15, 0.2) is 0 Å². The number of hydrogen-bond donors (Lipinski definition) is 1. The van der Waals surface area contributed by atoms with E-state index in [1.807, 2.05) is 0 Å². The Balaban J connectivity index is 2.12. The molecule has 0 fully saturated rings. The largest absolute Gasteiger partial charge is 0.466 e. The first-order valence-electron chi connectivity index (χ1n) is 5.98. The molecule has 88 valence electrons. The molecule has 0 amide bonds. The standard InChI is InChI=1S/C13H19NO2/c1-9-4-3-5-12-11(9)7-6-10(14-12)8-13(15)16-2/h8-9,14H,3-7H2,1-2H3/b10-8+. The molecule has 0 aromatic rings. The van der Waals surface area contributed by atoms with Crippen molar-refractivity contribution in [2.24, 2.45) is 5.92 Å². The first-order valence-corrected chi connectivity index (χ1v) is 5.98. The van der Waals surface area contributed by atoms with Crippen LogP contribution in [-0.4, -0.2) is 13.1 Å². The zero-order valence-corrected chi connectivity index (χ0v) is 10.0. The summed E-state index contributed by atoms with van der Waals surface area (Å²) in [5.41, 5.74) is 3.91. The Morgan fingerprint density at radius 1 is 1.44 bits per heavy atom. The van der Waals surface area contributed by atoms with E-state index in [4.69, 9.17) is 0 Å². The van der Waals surface area contributed by atoms with E-state index in [9.17, 15) is 4.79 Å². The highest BCUT2D eigenvalue weighted by atomic mass is 16.5. The Labute approximate surface area is 96.6 Å². The van der Waals surface area contributed by atoms with Gasteiger partial charge in [-0.2, -0.15) is 0 Å². The monoisotopic (exact) mass is 221 g/mol. The van der Waals surface area contributed by atoms with Crippen LogP contribution in [0.1, 0.15) is 39.0 Å². The van der Waals surface area contributed by atoms with Crippen LogP contribution < -0.4 is 5.32 Å². The highest BCUT2D eigenvalue weighted by Gasteiger charge is 2.23. The Morgan fingerprint density at radius 3 is 3.00 bits per heavy atom. The van der Waals surface area contributed by atoms with Crippen molar-refractivity contribution in [3.05, 3.63) is 23.0 Å². The van der Waals surface area contributed by atoms with E-state index >= 15 is 0 Å². The molecule has 0 saturated heterocycles. The molecule has 3 heteroatoms. The summed E-state index contributed by atoms with van der Waals surface area (Å²) in [6, 6.07) is 0. The maximum Gasteiger partial charge on any atom is 0.332 e. The minimum Gasteiger partial charge on any atom is -0.466 e. The number of rotatable bonds is 1. The summed E-state index contributed by atoms with van der Waals surface area (Å²) >= 11 is 0. The molecule has 1 aliphatic heterocycles. The van der Waals surface area contributed by atoms with Crippen LogP contribution in [0.15, 0.2) is 23.0 Å². The predicted octanol–water partition coefficient (Wildman–Crippen LogP) is 2.50. The average Bonchev–Trinajstić information content (AvgIpc) is 2.29. The lowest BCUT2D eigenvalue weighted by Crippen LogP contribution is -2.26. The number of allylic oxidation sites excluding steroid dienone is 3. The third kappa shape index (κ3) is 2.29. The van der Waals surface area contributed by atoms with Gasteiger partial charge in [0.25, 0.3) is 0 Å². The van der Waals surface area contributed by atoms with Crippen LogP contribution in [0.5, 0.6) is 0 Å². The van der Waals surface area contributed by atoms with Gasteiger partial charge in [-0.1, -0.05) is 6.92 Å². The maximum atomic E-state index is 11.1. The van der Waals surface area contributed by atoms with Crippen LogP contribution in [0.4, 0.5) is 0 Å². The molecule has 1 heterocycles. The van der Waals surface area contributed by atoms with Gasteiger partial charge >= 0.3 is 5.97 Å². The zero-order chi connectivity index (χ0) is 11.5. The summed E-state index contributed by atoms with van der Waals surface area (Å²) in [5, 5.41) is 3.39. The minimum absolute atomic E-state index is 0.268. The Morgan fingerprint density at radius 2 is 2.25 bits per heavy atom. The van der Waals surface area contributed by atoms with Gasteiger partial charge in [0.1, 0.15) is 0 Å². The first kappa shape index (κ1) is 11.2. The number of carbonyl (C=O) groups excluding carboxylic acids is 1. The van der Waals surface area contributed by atoms with Crippen LogP contribution in [-0.2, 0) is 9.53 Å². The van der Waals surface area contributed by atoms with E-state index in [1.165, 1.54) is 25.6 Å². The fourth-order valence-electron chi connectivity index (χ4n) is 2.59. The predicted molar refractivity (Wildman–Crippen MR) is 62.5 cm³/mol. The van der Waals surface area contributed by atoms with Gasteiger partial charge in [-0.15, -0.1) is 0 Å². The van der Waals surface area contributed by atoms with Gasteiger partial charge < -0.3 is 10.1 Å². The number of nitrogens with one attached hydrogen (secondary N) is 1. The molecule has 2 aliphatic rings.